The lowest BCUT2D eigenvalue weighted by molar-refractivity contribution is -0.117. The van der Waals surface area contributed by atoms with Crippen molar-refractivity contribution in [3.8, 4) is 0 Å². The third-order valence-electron chi connectivity index (χ3n) is 5.05. The molecule has 0 spiro atoms. The van der Waals surface area contributed by atoms with Crippen molar-refractivity contribution < 1.29 is 4.79 Å². The predicted molar refractivity (Wildman–Crippen MR) is 59.6 cm³/mol. The average molecular weight is 207 g/mol. The molecule has 2 heteroatoms. The second kappa shape index (κ2) is 3.58. The van der Waals surface area contributed by atoms with Crippen LogP contribution in [0.25, 0.3) is 0 Å². The van der Waals surface area contributed by atoms with Gasteiger partial charge in [-0.1, -0.05) is 6.42 Å². The smallest absolute Gasteiger partial charge is 0.148 e. The topological polar surface area (TPSA) is 20.3 Å². The van der Waals surface area contributed by atoms with Gasteiger partial charge in [-0.15, -0.1) is 0 Å². The molecular formula is C13H21NO. The summed E-state index contributed by atoms with van der Waals surface area (Å²) < 4.78 is 0. The van der Waals surface area contributed by atoms with Crippen LogP contribution in [0.4, 0.5) is 0 Å². The number of Topliss-reactive ketones (excluding diaryl/α,β-unsaturated/α-hetero) is 1. The van der Waals surface area contributed by atoms with Gasteiger partial charge >= 0.3 is 0 Å². The van der Waals surface area contributed by atoms with Crippen molar-refractivity contribution in [2.24, 2.45) is 17.8 Å². The van der Waals surface area contributed by atoms with Crippen LogP contribution in [-0.2, 0) is 4.79 Å². The van der Waals surface area contributed by atoms with E-state index < -0.39 is 0 Å². The van der Waals surface area contributed by atoms with E-state index in [1.165, 1.54) is 25.7 Å². The molecule has 0 aromatic heterocycles. The number of hydrogen-bond donors (Lipinski definition) is 0. The minimum atomic E-state index is 0.449. The maximum Gasteiger partial charge on any atom is 0.148 e. The second-order valence-electron chi connectivity index (χ2n) is 5.84. The number of fused-ring (bicyclic) bond motifs is 2. The van der Waals surface area contributed by atoms with Crippen LogP contribution < -0.4 is 0 Å². The highest BCUT2D eigenvalue weighted by atomic mass is 16.1. The summed E-state index contributed by atoms with van der Waals surface area (Å²) in [6, 6.07) is 0.659. The van der Waals surface area contributed by atoms with Crippen LogP contribution in [0, 0.1) is 17.8 Å². The van der Waals surface area contributed by atoms with Crippen LogP contribution in [-0.4, -0.2) is 29.8 Å². The summed E-state index contributed by atoms with van der Waals surface area (Å²) in [5.74, 6) is 3.36. The quantitative estimate of drug-likeness (QED) is 0.691. The first kappa shape index (κ1) is 9.83. The van der Waals surface area contributed by atoms with Crippen molar-refractivity contribution >= 4 is 5.78 Å². The molecule has 1 saturated heterocycles. The summed E-state index contributed by atoms with van der Waals surface area (Å²) in [5, 5.41) is 0. The van der Waals surface area contributed by atoms with Gasteiger partial charge in [-0.2, -0.15) is 0 Å². The van der Waals surface area contributed by atoms with E-state index in [1.807, 2.05) is 0 Å². The SMILES string of the molecule is CC(C1CC2CCC1C2)N1CCC(=O)C1. The first-order valence-electron chi connectivity index (χ1n) is 6.50. The van der Waals surface area contributed by atoms with Crippen molar-refractivity contribution in [2.45, 2.75) is 45.1 Å². The number of carbonyl (C=O) groups excluding carboxylic acids is 1. The van der Waals surface area contributed by atoms with Crippen LogP contribution in [0.1, 0.15) is 39.0 Å². The predicted octanol–water partition coefficient (Wildman–Crippen LogP) is 2.09. The van der Waals surface area contributed by atoms with Crippen molar-refractivity contribution in [3.05, 3.63) is 0 Å². The summed E-state index contributed by atoms with van der Waals surface area (Å²) in [6.07, 6.45) is 6.66. The van der Waals surface area contributed by atoms with E-state index in [0.717, 1.165) is 37.3 Å². The first-order chi connectivity index (χ1) is 7.24. The Bertz CT molecular complexity index is 276. The number of carbonyl (C=O) groups is 1. The molecule has 2 nitrogen and oxygen atoms in total. The van der Waals surface area contributed by atoms with E-state index in [0.29, 0.717) is 11.8 Å². The van der Waals surface area contributed by atoms with E-state index >= 15 is 0 Å². The molecule has 1 heterocycles. The van der Waals surface area contributed by atoms with Crippen molar-refractivity contribution in [1.82, 2.24) is 4.90 Å². The van der Waals surface area contributed by atoms with Gasteiger partial charge in [0.1, 0.15) is 5.78 Å². The number of nitrogens with zero attached hydrogens (tertiary/aromatic N) is 1. The van der Waals surface area contributed by atoms with E-state index in [1.54, 1.807) is 0 Å². The molecule has 0 aromatic rings. The lowest BCUT2D eigenvalue weighted by atomic mass is 9.83. The molecule has 84 valence electrons. The van der Waals surface area contributed by atoms with Crippen molar-refractivity contribution in [3.63, 3.8) is 0 Å². The maximum atomic E-state index is 11.3. The molecule has 4 unspecified atom stereocenters. The number of rotatable bonds is 2. The number of ketones is 1. The van der Waals surface area contributed by atoms with Crippen LogP contribution >= 0.6 is 0 Å². The van der Waals surface area contributed by atoms with Gasteiger partial charge in [0.15, 0.2) is 0 Å². The molecule has 2 aliphatic carbocycles. The second-order valence-corrected chi connectivity index (χ2v) is 5.84. The zero-order valence-corrected chi connectivity index (χ0v) is 9.61. The van der Waals surface area contributed by atoms with E-state index in [2.05, 4.69) is 11.8 Å². The number of hydrogen-bond acceptors (Lipinski definition) is 2. The van der Waals surface area contributed by atoms with Crippen LogP contribution in [0.3, 0.4) is 0 Å². The molecule has 0 N–H and O–H groups in total. The van der Waals surface area contributed by atoms with E-state index in [4.69, 9.17) is 0 Å². The lowest BCUT2D eigenvalue weighted by Gasteiger charge is -2.33. The normalized spacial score (nSPS) is 42.7. The molecule has 3 rings (SSSR count). The average Bonchev–Trinajstić information content (AvgIpc) is 2.90. The Labute approximate surface area is 92.0 Å². The summed E-state index contributed by atoms with van der Waals surface area (Å²) in [7, 11) is 0. The Balaban J connectivity index is 1.65. The Morgan fingerprint density at radius 2 is 2.20 bits per heavy atom. The van der Waals surface area contributed by atoms with Gasteiger partial charge < -0.3 is 0 Å². The zero-order chi connectivity index (χ0) is 10.4. The van der Waals surface area contributed by atoms with Gasteiger partial charge in [0.05, 0.1) is 6.54 Å². The fraction of sp³-hybridized carbons (Fsp3) is 0.923. The Morgan fingerprint density at radius 1 is 1.33 bits per heavy atom. The standard InChI is InChI=1S/C13H21NO/c1-9(14-5-4-12(15)8-14)13-7-10-2-3-11(13)6-10/h9-11,13H,2-8H2,1H3. The van der Waals surface area contributed by atoms with Crippen LogP contribution in [0.5, 0.6) is 0 Å². The van der Waals surface area contributed by atoms with Crippen molar-refractivity contribution in [1.29, 1.82) is 0 Å². The third-order valence-corrected chi connectivity index (χ3v) is 5.05. The van der Waals surface area contributed by atoms with Crippen LogP contribution in [0.2, 0.25) is 0 Å². The molecule has 2 bridgehead atoms. The number of likely N-dealkylation sites (tertiary alicyclic amines) is 1. The molecule has 4 atom stereocenters. The molecule has 0 amide bonds. The summed E-state index contributed by atoms with van der Waals surface area (Å²) in [6.45, 7) is 4.10. The summed E-state index contributed by atoms with van der Waals surface area (Å²) >= 11 is 0. The van der Waals surface area contributed by atoms with Gasteiger partial charge in [0.25, 0.3) is 0 Å². The maximum absolute atomic E-state index is 11.3. The fourth-order valence-electron chi connectivity index (χ4n) is 4.16. The summed E-state index contributed by atoms with van der Waals surface area (Å²) in [5.41, 5.74) is 0. The third kappa shape index (κ3) is 1.63. The largest absolute Gasteiger partial charge is 0.298 e. The van der Waals surface area contributed by atoms with Crippen LogP contribution in [0.15, 0.2) is 0 Å². The Hall–Kier alpha value is -0.370. The van der Waals surface area contributed by atoms with E-state index in [-0.39, 0.29) is 0 Å². The highest BCUT2D eigenvalue weighted by molar-refractivity contribution is 5.82. The van der Waals surface area contributed by atoms with Crippen molar-refractivity contribution in [2.75, 3.05) is 13.1 Å². The highest BCUT2D eigenvalue weighted by Gasteiger charge is 2.43. The Morgan fingerprint density at radius 3 is 2.73 bits per heavy atom. The van der Waals surface area contributed by atoms with Gasteiger partial charge in [-0.3, -0.25) is 9.69 Å². The molecule has 15 heavy (non-hydrogen) atoms. The van der Waals surface area contributed by atoms with Gasteiger partial charge in [-0.25, -0.2) is 0 Å². The molecule has 3 aliphatic rings. The first-order valence-corrected chi connectivity index (χ1v) is 6.50. The molecule has 0 radical (unpaired) electrons. The fourth-order valence-corrected chi connectivity index (χ4v) is 4.16. The van der Waals surface area contributed by atoms with Gasteiger partial charge in [0.2, 0.25) is 0 Å². The molecule has 3 fully saturated rings. The summed E-state index contributed by atoms with van der Waals surface area (Å²) in [4.78, 5) is 13.7. The molecule has 2 saturated carbocycles. The monoisotopic (exact) mass is 207 g/mol. The highest BCUT2D eigenvalue weighted by Crippen LogP contribution is 2.50. The zero-order valence-electron chi connectivity index (χ0n) is 9.61. The molecule has 1 aliphatic heterocycles. The van der Waals surface area contributed by atoms with Gasteiger partial charge in [-0.05, 0) is 43.9 Å². The Kier molecular flexibility index (Phi) is 2.35. The molecular weight excluding hydrogens is 186 g/mol. The molecule has 0 aromatic carbocycles. The van der Waals surface area contributed by atoms with Gasteiger partial charge in [0, 0.05) is 19.0 Å². The van der Waals surface area contributed by atoms with E-state index in [9.17, 15) is 4.79 Å². The lowest BCUT2D eigenvalue weighted by Crippen LogP contribution is -2.39. The minimum Gasteiger partial charge on any atom is -0.298 e. The minimum absolute atomic E-state index is 0.449.